The molecule has 15 heavy (non-hydrogen) atoms. The highest BCUT2D eigenvalue weighted by Gasteiger charge is 2.26. The van der Waals surface area contributed by atoms with Crippen LogP contribution in [0.25, 0.3) is 0 Å². The lowest BCUT2D eigenvalue weighted by Crippen LogP contribution is -2.10. The van der Waals surface area contributed by atoms with E-state index in [4.69, 9.17) is 12.5 Å². The number of rotatable bonds is 3. The molecule has 1 aromatic carbocycles. The molecule has 5 heteroatoms. The molecule has 1 aromatic rings. The second-order valence-corrected chi connectivity index (χ2v) is 4.31. The highest BCUT2D eigenvalue weighted by Crippen LogP contribution is 2.28. The maximum atomic E-state index is 5.66. The zero-order valence-corrected chi connectivity index (χ0v) is 11.6. The van der Waals surface area contributed by atoms with Gasteiger partial charge in [-0.1, -0.05) is 28.1 Å². The third kappa shape index (κ3) is 2.83. The monoisotopic (exact) mass is 384 g/mol. The Morgan fingerprint density at radius 2 is 2.13 bits per heavy atom. The first-order chi connectivity index (χ1) is 7.33. The Labute approximate surface area is 111 Å². The van der Waals surface area contributed by atoms with Gasteiger partial charge in [-0.2, -0.15) is 0 Å². The van der Waals surface area contributed by atoms with Crippen molar-refractivity contribution in [1.29, 1.82) is 0 Å². The third-order valence-corrected chi connectivity index (χ3v) is 3.39. The van der Waals surface area contributed by atoms with E-state index >= 15 is 0 Å². The van der Waals surface area contributed by atoms with Gasteiger partial charge < -0.3 is 12.5 Å². The fourth-order valence-corrected chi connectivity index (χ4v) is 2.01. The van der Waals surface area contributed by atoms with Crippen molar-refractivity contribution in [2.75, 3.05) is 11.9 Å². The van der Waals surface area contributed by atoms with E-state index in [0.717, 1.165) is 16.6 Å². The van der Waals surface area contributed by atoms with Gasteiger partial charge in [-0.15, -0.1) is 0 Å². The molecule has 2 unspecified atom stereocenters. The van der Waals surface area contributed by atoms with Crippen molar-refractivity contribution in [3.63, 3.8) is 0 Å². The molecule has 0 saturated carbocycles. The number of alkyl halides is 1. The molecule has 1 heterocycles. The summed E-state index contributed by atoms with van der Waals surface area (Å²) in [5.41, 5.74) is 1.02. The minimum absolute atomic E-state index is 0.149. The molecule has 0 spiro atoms. The highest BCUT2D eigenvalue weighted by molar-refractivity contribution is 14.1. The molecule has 1 aliphatic heterocycles. The zero-order valence-electron chi connectivity index (χ0n) is 7.86. The molecule has 3 nitrogen and oxygen atoms in total. The molecule has 0 aromatic heterocycles. The Morgan fingerprint density at radius 3 is 2.67 bits per heavy atom. The summed E-state index contributed by atoms with van der Waals surface area (Å²) in [5, 5.41) is 0.804. The average molecular weight is 385 g/mol. The first-order valence-corrected chi connectivity index (χ1v) is 6.55. The van der Waals surface area contributed by atoms with Gasteiger partial charge in [0, 0.05) is 10.9 Å². The van der Waals surface area contributed by atoms with Crippen LogP contribution in [0.1, 0.15) is 11.9 Å². The topological polar surface area (TPSA) is 27.7 Å². The lowest BCUT2D eigenvalue weighted by Gasteiger charge is -2.10. The fraction of sp³-hybridized carbons (Fsp3) is 0.400. The maximum absolute atomic E-state index is 5.66. The van der Waals surface area contributed by atoms with Crippen LogP contribution < -0.4 is 3.07 Å². The van der Waals surface area contributed by atoms with Gasteiger partial charge in [0.15, 0.2) is 29.3 Å². The lowest BCUT2D eigenvalue weighted by molar-refractivity contribution is -0.0563. The quantitative estimate of drug-likeness (QED) is 0.591. The molecular weight excluding hydrogens is 375 g/mol. The molecule has 82 valence electrons. The van der Waals surface area contributed by atoms with Gasteiger partial charge in [-0.25, -0.2) is 0 Å². The summed E-state index contributed by atoms with van der Waals surface area (Å²) in [5.74, 6) is 0.828. The summed E-state index contributed by atoms with van der Waals surface area (Å²) in [6.45, 7) is 0.639. The second kappa shape index (κ2) is 5.47. The predicted molar refractivity (Wildman–Crippen MR) is 68.5 cm³/mol. The predicted octanol–water partition coefficient (Wildman–Crippen LogP) is 3.22. The summed E-state index contributed by atoms with van der Waals surface area (Å²) in [7, 11) is 0. The lowest BCUT2D eigenvalue weighted by atomic mass is 10.2. The summed E-state index contributed by atoms with van der Waals surface area (Å²) in [6.07, 6.45) is -0.0914. The molecule has 2 rings (SSSR count). The highest BCUT2D eigenvalue weighted by atomic mass is 127. The Bertz CT molecular complexity index is 317. The van der Waals surface area contributed by atoms with Crippen molar-refractivity contribution in [2.45, 2.75) is 12.4 Å². The number of hydrogen-bond acceptors (Lipinski definition) is 3. The summed E-state index contributed by atoms with van der Waals surface area (Å²) in [6, 6.07) is 7.70. The summed E-state index contributed by atoms with van der Waals surface area (Å²) < 4.78 is 16.2. The first-order valence-electron chi connectivity index (χ1n) is 4.55. The molecule has 1 saturated heterocycles. The van der Waals surface area contributed by atoms with Crippen molar-refractivity contribution in [2.24, 2.45) is 0 Å². The fourth-order valence-electron chi connectivity index (χ4n) is 1.38. The van der Waals surface area contributed by atoms with Gasteiger partial charge in [0.05, 0.1) is 12.7 Å². The summed E-state index contributed by atoms with van der Waals surface area (Å²) >= 11 is 5.23. The largest absolute Gasteiger partial charge is 0.428 e. The van der Waals surface area contributed by atoms with Gasteiger partial charge in [-0.05, 0) is 12.1 Å². The number of halogens is 2. The van der Waals surface area contributed by atoms with Gasteiger partial charge in [0.2, 0.25) is 0 Å². The van der Waals surface area contributed by atoms with Crippen molar-refractivity contribution in [3.8, 4) is 5.75 Å². The SMILES string of the molecule is BrCC1COC(c2ccc(OI)cc2)O1. The Morgan fingerprint density at radius 1 is 1.40 bits per heavy atom. The molecule has 0 amide bonds. The third-order valence-electron chi connectivity index (χ3n) is 2.16. The standard InChI is InChI=1S/C10H10BrIO3/c11-5-9-6-13-10(14-9)7-1-3-8(15-12)4-2-7/h1-4,9-10H,5-6H2. The van der Waals surface area contributed by atoms with E-state index in [1.54, 1.807) is 0 Å². The van der Waals surface area contributed by atoms with Crippen LogP contribution in [0.15, 0.2) is 24.3 Å². The van der Waals surface area contributed by atoms with Crippen LogP contribution in [0.3, 0.4) is 0 Å². The van der Waals surface area contributed by atoms with Gasteiger partial charge in [0.1, 0.15) is 5.75 Å². The minimum atomic E-state index is -0.240. The van der Waals surface area contributed by atoms with Crippen LogP contribution in [0.4, 0.5) is 0 Å². The minimum Gasteiger partial charge on any atom is -0.428 e. The van der Waals surface area contributed by atoms with E-state index in [0.29, 0.717) is 6.61 Å². The molecule has 2 atom stereocenters. The molecule has 1 fully saturated rings. The van der Waals surface area contributed by atoms with Crippen LogP contribution in [0, 0.1) is 0 Å². The number of benzene rings is 1. The van der Waals surface area contributed by atoms with E-state index in [9.17, 15) is 0 Å². The van der Waals surface area contributed by atoms with Crippen LogP contribution in [-0.2, 0) is 9.47 Å². The zero-order chi connectivity index (χ0) is 10.7. The van der Waals surface area contributed by atoms with E-state index in [-0.39, 0.29) is 12.4 Å². The first kappa shape index (κ1) is 11.6. The molecule has 0 bridgehead atoms. The molecule has 0 N–H and O–H groups in total. The normalized spacial score (nSPS) is 25.5. The second-order valence-electron chi connectivity index (χ2n) is 3.22. The van der Waals surface area contributed by atoms with Crippen LogP contribution >= 0.6 is 38.9 Å². The van der Waals surface area contributed by atoms with Crippen LogP contribution in [0.5, 0.6) is 5.75 Å². The van der Waals surface area contributed by atoms with Gasteiger partial charge in [0.25, 0.3) is 0 Å². The van der Waals surface area contributed by atoms with Crippen LogP contribution in [-0.4, -0.2) is 18.0 Å². The Balaban J connectivity index is 2.04. The molecule has 0 aliphatic carbocycles. The van der Waals surface area contributed by atoms with Crippen molar-refractivity contribution >= 4 is 38.9 Å². The van der Waals surface area contributed by atoms with E-state index in [2.05, 4.69) is 15.9 Å². The average Bonchev–Trinajstić information content (AvgIpc) is 2.78. The molecular formula is C10H10BrIO3. The van der Waals surface area contributed by atoms with Gasteiger partial charge in [-0.3, -0.25) is 0 Å². The van der Waals surface area contributed by atoms with Crippen molar-refractivity contribution in [1.82, 2.24) is 0 Å². The van der Waals surface area contributed by atoms with Crippen LogP contribution in [0.2, 0.25) is 0 Å². The molecule has 1 aliphatic rings. The van der Waals surface area contributed by atoms with E-state index in [1.807, 2.05) is 47.3 Å². The maximum Gasteiger partial charge on any atom is 0.192 e. The Hall–Kier alpha value is 0.150. The Kier molecular flexibility index (Phi) is 4.24. The number of hydrogen-bond donors (Lipinski definition) is 0. The van der Waals surface area contributed by atoms with E-state index in [1.165, 1.54) is 0 Å². The summed E-state index contributed by atoms with van der Waals surface area (Å²) in [4.78, 5) is 0. The van der Waals surface area contributed by atoms with Crippen molar-refractivity contribution < 1.29 is 12.5 Å². The number of ether oxygens (including phenoxy) is 2. The smallest absolute Gasteiger partial charge is 0.192 e. The van der Waals surface area contributed by atoms with Crippen molar-refractivity contribution in [3.05, 3.63) is 29.8 Å². The molecule has 0 radical (unpaired) electrons. The van der Waals surface area contributed by atoms with Gasteiger partial charge >= 0.3 is 0 Å². The van der Waals surface area contributed by atoms with E-state index < -0.39 is 0 Å².